The third kappa shape index (κ3) is 8.04. The van der Waals surface area contributed by atoms with Gasteiger partial charge in [-0.2, -0.15) is 0 Å². The highest BCUT2D eigenvalue weighted by Crippen LogP contribution is 2.35. The van der Waals surface area contributed by atoms with Gasteiger partial charge in [0, 0.05) is 17.6 Å². The number of nitrogens with one attached hydrogen (secondary N) is 1. The Hall–Kier alpha value is -3.76. The van der Waals surface area contributed by atoms with Crippen LogP contribution in [0.2, 0.25) is 5.02 Å². The van der Waals surface area contributed by atoms with Gasteiger partial charge in [-0.05, 0) is 67.3 Å². The molecule has 0 aromatic heterocycles. The van der Waals surface area contributed by atoms with Gasteiger partial charge in [-0.1, -0.05) is 68.1 Å². The molecule has 1 atom stereocenters. The Bertz CT molecular complexity index is 1510. The van der Waals surface area contributed by atoms with E-state index in [-0.39, 0.29) is 39.8 Å². The quantitative estimate of drug-likeness (QED) is 0.253. The van der Waals surface area contributed by atoms with Crippen LogP contribution in [0, 0.1) is 0 Å². The first-order valence-electron chi connectivity index (χ1n) is 14.8. The van der Waals surface area contributed by atoms with Crippen molar-refractivity contribution in [3.63, 3.8) is 0 Å². The van der Waals surface area contributed by atoms with Crippen molar-refractivity contribution in [1.82, 2.24) is 10.2 Å². The number of amides is 2. The standard InChI is InChI=1S/C33H40ClN3O6S/c1-4-29(33(39)35-26-11-7-5-8-12-26)36(22-24-15-18-27(42-2)19-16-24)32(38)23-37(30-21-25(34)17-20-31(30)43-3)44(40,41)28-13-9-6-10-14-28/h6,9-10,13-21,26,29H,4-5,7-8,11-12,22-23H2,1-3H3,(H,35,39). The zero-order valence-corrected chi connectivity index (χ0v) is 26.9. The van der Waals surface area contributed by atoms with Gasteiger partial charge in [0.15, 0.2) is 0 Å². The van der Waals surface area contributed by atoms with E-state index in [4.69, 9.17) is 21.1 Å². The molecule has 236 valence electrons. The molecule has 1 aliphatic carbocycles. The van der Waals surface area contributed by atoms with Crippen LogP contribution in [0.4, 0.5) is 5.69 Å². The van der Waals surface area contributed by atoms with Gasteiger partial charge in [-0.15, -0.1) is 0 Å². The van der Waals surface area contributed by atoms with Crippen LogP contribution >= 0.6 is 11.6 Å². The van der Waals surface area contributed by atoms with Gasteiger partial charge in [0.2, 0.25) is 11.8 Å². The van der Waals surface area contributed by atoms with E-state index in [1.165, 1.54) is 30.2 Å². The minimum Gasteiger partial charge on any atom is -0.497 e. The number of hydrogen-bond acceptors (Lipinski definition) is 6. The fourth-order valence-electron chi connectivity index (χ4n) is 5.48. The van der Waals surface area contributed by atoms with Crippen LogP contribution in [0.5, 0.6) is 11.5 Å². The maximum Gasteiger partial charge on any atom is 0.264 e. The summed E-state index contributed by atoms with van der Waals surface area (Å²) in [6.07, 6.45) is 5.36. The minimum absolute atomic E-state index is 0.00128. The first-order valence-corrected chi connectivity index (χ1v) is 16.6. The number of anilines is 1. The van der Waals surface area contributed by atoms with E-state index in [1.807, 2.05) is 19.1 Å². The van der Waals surface area contributed by atoms with Crippen molar-refractivity contribution in [2.75, 3.05) is 25.1 Å². The summed E-state index contributed by atoms with van der Waals surface area (Å²) in [6.45, 7) is 1.35. The number of methoxy groups -OCH3 is 2. The second-order valence-corrected chi connectivity index (χ2v) is 13.1. The van der Waals surface area contributed by atoms with Crippen molar-refractivity contribution in [3.05, 3.63) is 83.4 Å². The van der Waals surface area contributed by atoms with Crippen molar-refractivity contribution in [2.24, 2.45) is 0 Å². The van der Waals surface area contributed by atoms with E-state index in [0.29, 0.717) is 12.2 Å². The van der Waals surface area contributed by atoms with Crippen LogP contribution in [0.25, 0.3) is 0 Å². The van der Waals surface area contributed by atoms with Gasteiger partial charge in [0.25, 0.3) is 10.0 Å². The largest absolute Gasteiger partial charge is 0.497 e. The van der Waals surface area contributed by atoms with Crippen molar-refractivity contribution < 1.29 is 27.5 Å². The summed E-state index contributed by atoms with van der Waals surface area (Å²) in [5.74, 6) is 0.0828. The maximum absolute atomic E-state index is 14.4. The van der Waals surface area contributed by atoms with Gasteiger partial charge in [0.1, 0.15) is 24.1 Å². The highest BCUT2D eigenvalue weighted by molar-refractivity contribution is 7.92. The molecule has 0 spiro atoms. The summed E-state index contributed by atoms with van der Waals surface area (Å²) in [5.41, 5.74) is 0.877. The molecule has 9 nitrogen and oxygen atoms in total. The molecule has 1 aliphatic rings. The average molecular weight is 642 g/mol. The lowest BCUT2D eigenvalue weighted by Gasteiger charge is -2.34. The number of sulfonamides is 1. The highest BCUT2D eigenvalue weighted by atomic mass is 35.5. The lowest BCUT2D eigenvalue weighted by molar-refractivity contribution is -0.140. The number of nitrogens with zero attached hydrogens (tertiary/aromatic N) is 2. The third-order valence-corrected chi connectivity index (χ3v) is 9.88. The molecule has 3 aromatic rings. The number of benzene rings is 3. The van der Waals surface area contributed by atoms with Crippen LogP contribution in [0.3, 0.4) is 0 Å². The molecule has 0 saturated heterocycles. The van der Waals surface area contributed by atoms with Gasteiger partial charge in [0.05, 0.1) is 24.8 Å². The highest BCUT2D eigenvalue weighted by Gasteiger charge is 2.35. The fraction of sp³-hybridized carbons (Fsp3) is 0.394. The Labute approximate surface area is 265 Å². The summed E-state index contributed by atoms with van der Waals surface area (Å²) in [6, 6.07) is 18.9. The molecule has 3 aromatic carbocycles. The van der Waals surface area contributed by atoms with E-state index < -0.39 is 28.5 Å². The lowest BCUT2D eigenvalue weighted by Crippen LogP contribution is -2.54. The molecule has 1 unspecified atom stereocenters. The number of rotatable bonds is 13. The number of carbonyl (C=O) groups excluding carboxylic acids is 2. The average Bonchev–Trinajstić information content (AvgIpc) is 3.04. The molecular formula is C33H40ClN3O6S. The van der Waals surface area contributed by atoms with Crippen molar-refractivity contribution in [2.45, 2.75) is 69.0 Å². The van der Waals surface area contributed by atoms with Crippen molar-refractivity contribution in [3.8, 4) is 11.5 Å². The SMILES string of the molecule is CCC(C(=O)NC1CCCCC1)N(Cc1ccc(OC)cc1)C(=O)CN(c1cc(Cl)ccc1OC)S(=O)(=O)c1ccccc1. The Kier molecular flexibility index (Phi) is 11.5. The monoisotopic (exact) mass is 641 g/mol. The topological polar surface area (TPSA) is 105 Å². The van der Waals surface area contributed by atoms with Crippen LogP contribution in [-0.2, 0) is 26.2 Å². The van der Waals surface area contributed by atoms with E-state index in [9.17, 15) is 18.0 Å². The smallest absolute Gasteiger partial charge is 0.264 e. The van der Waals surface area contributed by atoms with Gasteiger partial charge < -0.3 is 19.7 Å². The van der Waals surface area contributed by atoms with E-state index in [0.717, 1.165) is 42.0 Å². The maximum atomic E-state index is 14.4. The zero-order valence-electron chi connectivity index (χ0n) is 25.4. The molecule has 4 rings (SSSR count). The molecule has 0 bridgehead atoms. The summed E-state index contributed by atoms with van der Waals surface area (Å²) >= 11 is 6.32. The summed E-state index contributed by atoms with van der Waals surface area (Å²) in [5, 5.41) is 3.43. The van der Waals surface area contributed by atoms with Crippen LogP contribution in [-0.4, -0.2) is 58.0 Å². The molecule has 44 heavy (non-hydrogen) atoms. The summed E-state index contributed by atoms with van der Waals surface area (Å²) in [7, 11) is -1.27. The summed E-state index contributed by atoms with van der Waals surface area (Å²) in [4.78, 5) is 29.5. The molecule has 1 fully saturated rings. The zero-order chi connectivity index (χ0) is 31.7. The van der Waals surface area contributed by atoms with Crippen molar-refractivity contribution >= 4 is 39.1 Å². The molecular weight excluding hydrogens is 602 g/mol. The summed E-state index contributed by atoms with van der Waals surface area (Å²) < 4.78 is 40.0. The predicted molar refractivity (Wildman–Crippen MR) is 172 cm³/mol. The number of ether oxygens (including phenoxy) is 2. The molecule has 11 heteroatoms. The predicted octanol–water partition coefficient (Wildman–Crippen LogP) is 5.81. The van der Waals surface area contributed by atoms with Gasteiger partial charge in [-0.3, -0.25) is 13.9 Å². The molecule has 1 N–H and O–H groups in total. The number of carbonyl (C=O) groups is 2. The molecule has 1 saturated carbocycles. The molecule has 2 amide bonds. The molecule has 0 aliphatic heterocycles. The van der Waals surface area contributed by atoms with Crippen LogP contribution in [0.15, 0.2) is 77.7 Å². The van der Waals surface area contributed by atoms with Crippen LogP contribution in [0.1, 0.15) is 51.0 Å². The van der Waals surface area contributed by atoms with Crippen LogP contribution < -0.4 is 19.1 Å². The lowest BCUT2D eigenvalue weighted by atomic mass is 9.95. The molecule has 0 heterocycles. The van der Waals surface area contributed by atoms with Crippen molar-refractivity contribution in [1.29, 1.82) is 0 Å². The fourth-order valence-corrected chi connectivity index (χ4v) is 7.09. The molecule has 0 radical (unpaired) electrons. The Morgan fingerprint density at radius 2 is 1.64 bits per heavy atom. The van der Waals surface area contributed by atoms with Gasteiger partial charge in [-0.25, -0.2) is 8.42 Å². The van der Waals surface area contributed by atoms with E-state index in [2.05, 4.69) is 5.32 Å². The third-order valence-electron chi connectivity index (χ3n) is 7.87. The first-order chi connectivity index (χ1) is 21.2. The normalized spacial score (nSPS) is 14.4. The second kappa shape index (κ2) is 15.3. The van der Waals surface area contributed by atoms with E-state index >= 15 is 0 Å². The van der Waals surface area contributed by atoms with E-state index in [1.54, 1.807) is 49.6 Å². The number of halogens is 1. The van der Waals surface area contributed by atoms with Gasteiger partial charge >= 0.3 is 0 Å². The Balaban J connectivity index is 1.74. The Morgan fingerprint density at radius 1 is 0.955 bits per heavy atom. The second-order valence-electron chi connectivity index (χ2n) is 10.8. The Morgan fingerprint density at radius 3 is 2.25 bits per heavy atom. The first kappa shape index (κ1) is 33.1. The number of hydrogen-bond donors (Lipinski definition) is 1. The minimum atomic E-state index is -4.26.